The minimum atomic E-state index is -0.375. The highest BCUT2D eigenvalue weighted by atomic mass is 35.5. The first-order chi connectivity index (χ1) is 10.0. The lowest BCUT2D eigenvalue weighted by molar-refractivity contribution is 0.252. The molecule has 0 heterocycles. The fourth-order valence-corrected chi connectivity index (χ4v) is 2.02. The third-order valence-corrected chi connectivity index (χ3v) is 3.26. The van der Waals surface area contributed by atoms with Crippen molar-refractivity contribution in [1.82, 2.24) is 5.32 Å². The van der Waals surface area contributed by atoms with Crippen molar-refractivity contribution in [3.05, 3.63) is 58.6 Å². The number of aryl methyl sites for hydroxylation is 1. The third-order valence-electron chi connectivity index (χ3n) is 3.03. The van der Waals surface area contributed by atoms with E-state index in [4.69, 9.17) is 11.6 Å². The van der Waals surface area contributed by atoms with Gasteiger partial charge in [0, 0.05) is 11.6 Å². The highest BCUT2D eigenvalue weighted by Gasteiger charge is 2.06. The molecule has 0 radical (unpaired) electrons. The van der Waals surface area contributed by atoms with Gasteiger partial charge in [-0.1, -0.05) is 41.4 Å². The van der Waals surface area contributed by atoms with E-state index in [0.29, 0.717) is 11.6 Å². The van der Waals surface area contributed by atoms with E-state index in [1.54, 1.807) is 6.07 Å². The lowest BCUT2D eigenvalue weighted by atomic mass is 10.1. The van der Waals surface area contributed by atoms with Gasteiger partial charge in [-0.3, -0.25) is 0 Å². The molecule has 0 aromatic heterocycles. The number of anilines is 1. The summed E-state index contributed by atoms with van der Waals surface area (Å²) in [7, 11) is 0. The Kier molecular flexibility index (Phi) is 5.06. The van der Waals surface area contributed by atoms with Gasteiger partial charge in [0.25, 0.3) is 0 Å². The van der Waals surface area contributed by atoms with Gasteiger partial charge >= 0.3 is 6.03 Å². The number of hydrogen-bond acceptors (Lipinski definition) is 2. The molecule has 2 amide bonds. The summed E-state index contributed by atoms with van der Waals surface area (Å²) in [6.07, 6.45) is 0.745. The standard InChI is InChI=1S/C16H17ClN2O2/c1-11-2-4-12(5-3-11)8-9-18-16(21)19-14-10-13(17)6-7-15(14)20/h2-7,10,20H,8-9H2,1H3,(H2,18,19,21). The van der Waals surface area contributed by atoms with E-state index < -0.39 is 0 Å². The molecule has 5 heteroatoms. The molecule has 0 saturated heterocycles. The maximum absolute atomic E-state index is 11.7. The number of phenolic OH excluding ortho intramolecular Hbond substituents is 1. The average Bonchev–Trinajstić information content (AvgIpc) is 2.45. The Hall–Kier alpha value is -2.20. The van der Waals surface area contributed by atoms with Gasteiger partial charge in [-0.05, 0) is 37.1 Å². The van der Waals surface area contributed by atoms with Crippen molar-refractivity contribution < 1.29 is 9.90 Å². The van der Waals surface area contributed by atoms with Crippen LogP contribution < -0.4 is 10.6 Å². The van der Waals surface area contributed by atoms with Crippen LogP contribution in [0, 0.1) is 6.92 Å². The number of aromatic hydroxyl groups is 1. The van der Waals surface area contributed by atoms with Crippen LogP contribution in [0.4, 0.5) is 10.5 Å². The van der Waals surface area contributed by atoms with Gasteiger partial charge < -0.3 is 15.7 Å². The van der Waals surface area contributed by atoms with Crippen LogP contribution in [0.3, 0.4) is 0 Å². The predicted octanol–water partition coefficient (Wildman–Crippen LogP) is 3.72. The lowest BCUT2D eigenvalue weighted by Crippen LogP contribution is -2.30. The van der Waals surface area contributed by atoms with E-state index in [1.165, 1.54) is 17.7 Å². The Bertz CT molecular complexity index is 627. The van der Waals surface area contributed by atoms with Crippen LogP contribution in [-0.4, -0.2) is 17.7 Å². The summed E-state index contributed by atoms with van der Waals surface area (Å²) in [5, 5.41) is 15.4. The van der Waals surface area contributed by atoms with Gasteiger partial charge in [0.1, 0.15) is 5.75 Å². The van der Waals surface area contributed by atoms with E-state index in [-0.39, 0.29) is 17.5 Å². The molecule has 0 atom stereocenters. The number of phenols is 1. The SMILES string of the molecule is Cc1ccc(CCNC(=O)Nc2cc(Cl)ccc2O)cc1. The quantitative estimate of drug-likeness (QED) is 0.754. The Balaban J connectivity index is 1.82. The first-order valence-electron chi connectivity index (χ1n) is 6.63. The number of rotatable bonds is 4. The van der Waals surface area contributed by atoms with Gasteiger partial charge in [0.2, 0.25) is 0 Å². The van der Waals surface area contributed by atoms with Crippen molar-refractivity contribution in [3.8, 4) is 5.75 Å². The maximum Gasteiger partial charge on any atom is 0.319 e. The Morgan fingerprint density at radius 2 is 1.90 bits per heavy atom. The molecule has 2 aromatic rings. The zero-order chi connectivity index (χ0) is 15.2. The highest BCUT2D eigenvalue weighted by molar-refractivity contribution is 6.31. The van der Waals surface area contributed by atoms with Crippen LogP contribution in [0.25, 0.3) is 0 Å². The van der Waals surface area contributed by atoms with Crippen LogP contribution in [-0.2, 0) is 6.42 Å². The van der Waals surface area contributed by atoms with E-state index in [1.807, 2.05) is 31.2 Å². The molecule has 2 aromatic carbocycles. The second kappa shape index (κ2) is 6.99. The summed E-state index contributed by atoms with van der Waals surface area (Å²) >= 11 is 5.81. The monoisotopic (exact) mass is 304 g/mol. The molecular formula is C16H17ClN2O2. The Labute approximate surface area is 128 Å². The fourth-order valence-electron chi connectivity index (χ4n) is 1.85. The molecule has 110 valence electrons. The summed E-state index contributed by atoms with van der Waals surface area (Å²) in [6, 6.07) is 12.3. The number of carbonyl (C=O) groups is 1. The molecule has 0 unspecified atom stereocenters. The molecule has 0 saturated carbocycles. The number of hydrogen-bond donors (Lipinski definition) is 3. The second-order valence-corrected chi connectivity index (χ2v) is 5.21. The average molecular weight is 305 g/mol. The van der Waals surface area contributed by atoms with Crippen LogP contribution in [0.5, 0.6) is 5.75 Å². The van der Waals surface area contributed by atoms with E-state index in [2.05, 4.69) is 10.6 Å². The summed E-state index contributed by atoms with van der Waals surface area (Å²) in [4.78, 5) is 11.7. The van der Waals surface area contributed by atoms with Crippen molar-refractivity contribution in [2.75, 3.05) is 11.9 Å². The summed E-state index contributed by atoms with van der Waals surface area (Å²) in [5.74, 6) is -0.0203. The number of benzene rings is 2. The van der Waals surface area contributed by atoms with Crippen molar-refractivity contribution in [2.24, 2.45) is 0 Å². The topological polar surface area (TPSA) is 61.4 Å². The zero-order valence-electron chi connectivity index (χ0n) is 11.7. The number of urea groups is 1. The molecule has 0 aliphatic heterocycles. The van der Waals surface area contributed by atoms with Gasteiger partial charge in [-0.25, -0.2) is 4.79 Å². The largest absolute Gasteiger partial charge is 0.506 e. The van der Waals surface area contributed by atoms with E-state index in [0.717, 1.165) is 12.0 Å². The molecule has 0 spiro atoms. The van der Waals surface area contributed by atoms with Gasteiger partial charge in [-0.2, -0.15) is 0 Å². The molecule has 0 fully saturated rings. The molecule has 3 N–H and O–H groups in total. The lowest BCUT2D eigenvalue weighted by Gasteiger charge is -2.09. The van der Waals surface area contributed by atoms with Crippen molar-refractivity contribution in [1.29, 1.82) is 0 Å². The number of halogens is 1. The first-order valence-corrected chi connectivity index (χ1v) is 7.01. The maximum atomic E-state index is 11.7. The van der Waals surface area contributed by atoms with Crippen LogP contribution >= 0.6 is 11.6 Å². The van der Waals surface area contributed by atoms with Gasteiger partial charge in [-0.15, -0.1) is 0 Å². The minimum absolute atomic E-state index is 0.0203. The van der Waals surface area contributed by atoms with Crippen LogP contribution in [0.1, 0.15) is 11.1 Å². The number of nitrogens with one attached hydrogen (secondary N) is 2. The normalized spacial score (nSPS) is 10.2. The molecule has 21 heavy (non-hydrogen) atoms. The molecular weight excluding hydrogens is 288 g/mol. The zero-order valence-corrected chi connectivity index (χ0v) is 12.4. The molecule has 0 aliphatic carbocycles. The predicted molar refractivity (Wildman–Crippen MR) is 85.0 cm³/mol. The smallest absolute Gasteiger partial charge is 0.319 e. The van der Waals surface area contributed by atoms with Gasteiger partial charge in [0.05, 0.1) is 5.69 Å². The molecule has 0 bridgehead atoms. The minimum Gasteiger partial charge on any atom is -0.506 e. The van der Waals surface area contributed by atoms with Crippen LogP contribution in [0.15, 0.2) is 42.5 Å². The van der Waals surface area contributed by atoms with Gasteiger partial charge in [0.15, 0.2) is 0 Å². The Morgan fingerprint density at radius 3 is 2.62 bits per heavy atom. The molecule has 4 nitrogen and oxygen atoms in total. The fraction of sp³-hybridized carbons (Fsp3) is 0.188. The molecule has 2 rings (SSSR count). The first kappa shape index (κ1) is 15.2. The van der Waals surface area contributed by atoms with Crippen LogP contribution in [0.2, 0.25) is 5.02 Å². The second-order valence-electron chi connectivity index (χ2n) is 4.78. The Morgan fingerprint density at radius 1 is 1.19 bits per heavy atom. The third kappa shape index (κ3) is 4.68. The highest BCUT2D eigenvalue weighted by Crippen LogP contribution is 2.26. The van der Waals surface area contributed by atoms with Crippen molar-refractivity contribution in [3.63, 3.8) is 0 Å². The number of amides is 2. The molecule has 0 aliphatic rings. The van der Waals surface area contributed by atoms with E-state index in [9.17, 15) is 9.90 Å². The van der Waals surface area contributed by atoms with Crippen molar-refractivity contribution >= 4 is 23.3 Å². The van der Waals surface area contributed by atoms with E-state index >= 15 is 0 Å². The van der Waals surface area contributed by atoms with Crippen molar-refractivity contribution in [2.45, 2.75) is 13.3 Å². The summed E-state index contributed by atoms with van der Waals surface area (Å²) in [5.41, 5.74) is 2.66. The summed E-state index contributed by atoms with van der Waals surface area (Å²) in [6.45, 7) is 2.54. The number of carbonyl (C=O) groups excluding carboxylic acids is 1. The summed E-state index contributed by atoms with van der Waals surface area (Å²) < 4.78 is 0.